The lowest BCUT2D eigenvalue weighted by molar-refractivity contribution is -0.288. The van der Waals surface area contributed by atoms with Crippen LogP contribution in [0.1, 0.15) is 52.9 Å². The van der Waals surface area contributed by atoms with Crippen LogP contribution in [0.15, 0.2) is 23.3 Å². The molecule has 5 N–H and O–H groups in total. The molecule has 7 aliphatic rings. The first-order valence-corrected chi connectivity index (χ1v) is 14.9. The number of aliphatic hydroxyl groups is 5. The first-order chi connectivity index (χ1) is 19.3. The van der Waals surface area contributed by atoms with Gasteiger partial charge >= 0.3 is 5.97 Å². The van der Waals surface area contributed by atoms with Crippen LogP contribution in [0.4, 0.5) is 0 Å². The summed E-state index contributed by atoms with van der Waals surface area (Å²) in [5, 5.41) is 58.4. The second kappa shape index (κ2) is 9.06. The lowest BCUT2D eigenvalue weighted by atomic mass is 9.42. The Morgan fingerprint density at radius 3 is 2.56 bits per heavy atom. The molecule has 11 nitrogen and oxygen atoms in total. The molecule has 41 heavy (non-hydrogen) atoms. The van der Waals surface area contributed by atoms with Gasteiger partial charge in [0.2, 0.25) is 0 Å². The van der Waals surface area contributed by atoms with Crippen molar-refractivity contribution in [1.82, 2.24) is 0 Å². The molecule has 11 heteroatoms. The zero-order chi connectivity index (χ0) is 29.3. The summed E-state index contributed by atoms with van der Waals surface area (Å²) in [6.07, 6.45) is -2.03. The molecule has 5 fully saturated rings. The number of carbonyl (C=O) groups excluding carboxylic acids is 1. The van der Waals surface area contributed by atoms with E-state index in [9.17, 15) is 30.3 Å². The molecule has 228 valence electrons. The van der Waals surface area contributed by atoms with E-state index in [4.69, 9.17) is 23.7 Å². The lowest BCUT2D eigenvalue weighted by Gasteiger charge is -2.63. The molecule has 3 saturated carbocycles. The first kappa shape index (κ1) is 28.4. The number of aliphatic hydroxyl groups excluding tert-OH is 4. The summed E-state index contributed by atoms with van der Waals surface area (Å²) in [6, 6.07) is 0. The summed E-state index contributed by atoms with van der Waals surface area (Å²) in [4.78, 5) is 11.9. The molecule has 0 aromatic carbocycles. The summed E-state index contributed by atoms with van der Waals surface area (Å²) in [5.41, 5.74) is -2.91. The minimum Gasteiger partial charge on any atom is -0.458 e. The predicted octanol–water partition coefficient (Wildman–Crippen LogP) is 0.103. The van der Waals surface area contributed by atoms with Gasteiger partial charge in [-0.1, -0.05) is 25.5 Å². The number of rotatable bonds is 4. The smallest absolute Gasteiger partial charge is 0.331 e. The molecule has 0 amide bonds. The molecule has 0 unspecified atom stereocenters. The van der Waals surface area contributed by atoms with Gasteiger partial charge in [0.05, 0.1) is 36.6 Å². The predicted molar refractivity (Wildman–Crippen MR) is 140 cm³/mol. The molecule has 4 aliphatic carbocycles. The van der Waals surface area contributed by atoms with Crippen LogP contribution in [0.2, 0.25) is 0 Å². The summed E-state index contributed by atoms with van der Waals surface area (Å²) in [5.74, 6) is -1.48. The van der Waals surface area contributed by atoms with Crippen LogP contribution in [-0.2, 0) is 28.5 Å². The third kappa shape index (κ3) is 3.49. The van der Waals surface area contributed by atoms with E-state index in [1.165, 1.54) is 13.2 Å². The van der Waals surface area contributed by atoms with Gasteiger partial charge in [0, 0.05) is 30.9 Å². The SMILES string of the molecule is CO[C@@H]1C[C@@H](C)O[C@@H](O[C@@H]2C=C3C[C@@H]4O[C@]45[C@H]([C@H](O)[C@H](O)[C@]4(C)[C@@H](C6=CC(=O)OC6)CC[C@@]45O)[C@@]3(C)C[C@H]2O)[C@H]1O. The highest BCUT2D eigenvalue weighted by molar-refractivity contribution is 5.85. The maximum atomic E-state index is 12.6. The number of hydrogen-bond donors (Lipinski definition) is 5. The number of carbonyl (C=O) groups is 1. The molecule has 7 rings (SSSR count). The molecular weight excluding hydrogens is 536 g/mol. The van der Waals surface area contributed by atoms with Crippen LogP contribution in [0.25, 0.3) is 0 Å². The highest BCUT2D eigenvalue weighted by atomic mass is 16.7. The van der Waals surface area contributed by atoms with E-state index in [0.29, 0.717) is 25.7 Å². The van der Waals surface area contributed by atoms with Gasteiger partial charge in [-0.05, 0) is 49.5 Å². The van der Waals surface area contributed by atoms with Crippen LogP contribution in [-0.4, -0.2) is 112 Å². The quantitative estimate of drug-likeness (QED) is 0.174. The highest BCUT2D eigenvalue weighted by Gasteiger charge is 2.88. The number of methoxy groups -OCH3 is 1. The van der Waals surface area contributed by atoms with E-state index in [1.807, 2.05) is 19.9 Å². The fourth-order valence-electron chi connectivity index (χ4n) is 10.0. The summed E-state index contributed by atoms with van der Waals surface area (Å²) in [7, 11) is 1.53. The van der Waals surface area contributed by atoms with Gasteiger partial charge < -0.3 is 49.2 Å². The van der Waals surface area contributed by atoms with Crippen LogP contribution >= 0.6 is 0 Å². The molecule has 3 heterocycles. The Balaban J connectivity index is 1.22. The van der Waals surface area contributed by atoms with Gasteiger partial charge in [-0.15, -0.1) is 0 Å². The van der Waals surface area contributed by atoms with Gasteiger partial charge in [0.15, 0.2) is 6.29 Å². The maximum absolute atomic E-state index is 12.6. The number of fused-ring (bicyclic) bond motifs is 3. The van der Waals surface area contributed by atoms with E-state index in [1.54, 1.807) is 6.92 Å². The Morgan fingerprint density at radius 2 is 1.88 bits per heavy atom. The third-order valence-electron chi connectivity index (χ3n) is 12.1. The van der Waals surface area contributed by atoms with Gasteiger partial charge in [-0.2, -0.15) is 0 Å². The largest absolute Gasteiger partial charge is 0.458 e. The van der Waals surface area contributed by atoms with Crippen molar-refractivity contribution < 1.29 is 54.0 Å². The van der Waals surface area contributed by atoms with E-state index in [2.05, 4.69) is 0 Å². The first-order valence-electron chi connectivity index (χ1n) is 14.9. The second-order valence-electron chi connectivity index (χ2n) is 13.9. The molecule has 0 aromatic heterocycles. The Morgan fingerprint density at radius 1 is 1.12 bits per heavy atom. The Labute approximate surface area is 239 Å². The van der Waals surface area contributed by atoms with Crippen molar-refractivity contribution in [3.05, 3.63) is 23.3 Å². The standard InChI is InChI=1S/C30H42O11/c1-13-7-19(37-4)22(33)26(39-13)40-18-9-15-10-20-30(41-20)24(27(15,2)11-17(18)31)23(34)25(35)28(3)16(5-6-29(28,30)36)14-8-21(32)38-12-14/h8-9,13,16-20,22-26,31,33-36H,5-7,10-12H2,1-4H3/t13-,16-,17-,18-,19-,20+,22+,23+,24-,25+,26+,27+,28+,29-,30+/m1/s1. The molecule has 3 aliphatic heterocycles. The van der Waals surface area contributed by atoms with E-state index < -0.39 is 82.9 Å². The lowest BCUT2D eigenvalue weighted by Crippen LogP contribution is -2.76. The van der Waals surface area contributed by atoms with Gasteiger partial charge in [-0.25, -0.2) is 4.79 Å². The number of hydrogen-bond acceptors (Lipinski definition) is 11. The Kier molecular flexibility index (Phi) is 6.27. The van der Waals surface area contributed by atoms with Gasteiger partial charge in [-0.3, -0.25) is 0 Å². The summed E-state index contributed by atoms with van der Waals surface area (Å²) < 4.78 is 29.0. The number of ether oxygens (including phenoxy) is 5. The fraction of sp³-hybridized carbons (Fsp3) is 0.833. The van der Waals surface area contributed by atoms with Crippen LogP contribution in [0.5, 0.6) is 0 Å². The molecule has 0 aromatic rings. The Bertz CT molecular complexity index is 1190. The highest BCUT2D eigenvalue weighted by Crippen LogP contribution is 2.77. The van der Waals surface area contributed by atoms with E-state index in [0.717, 1.165) is 11.1 Å². The minimum atomic E-state index is -1.47. The maximum Gasteiger partial charge on any atom is 0.331 e. The van der Waals surface area contributed by atoms with Crippen molar-refractivity contribution in [3.8, 4) is 0 Å². The normalized spacial score (nSPS) is 57.5. The topological polar surface area (TPSA) is 168 Å². The number of esters is 1. The van der Waals surface area contributed by atoms with Crippen LogP contribution in [0, 0.1) is 22.7 Å². The minimum absolute atomic E-state index is 0.111. The molecule has 0 bridgehead atoms. The zero-order valence-electron chi connectivity index (χ0n) is 23.9. The van der Waals surface area contributed by atoms with Crippen molar-refractivity contribution >= 4 is 5.97 Å². The third-order valence-corrected chi connectivity index (χ3v) is 12.1. The van der Waals surface area contributed by atoms with E-state index in [-0.39, 0.29) is 25.0 Å². The van der Waals surface area contributed by atoms with Crippen molar-refractivity contribution in [2.24, 2.45) is 22.7 Å². The van der Waals surface area contributed by atoms with Gasteiger partial charge in [0.1, 0.15) is 30.0 Å². The molecule has 1 spiro atoms. The van der Waals surface area contributed by atoms with Crippen LogP contribution in [0.3, 0.4) is 0 Å². The van der Waals surface area contributed by atoms with Crippen molar-refractivity contribution in [3.63, 3.8) is 0 Å². The monoisotopic (exact) mass is 578 g/mol. The zero-order valence-corrected chi connectivity index (χ0v) is 23.9. The molecule has 0 radical (unpaired) electrons. The summed E-state index contributed by atoms with van der Waals surface area (Å²) in [6.45, 7) is 5.74. The molecular formula is C30H42O11. The number of epoxide rings is 1. The number of cyclic esters (lactones) is 1. The van der Waals surface area contributed by atoms with Crippen molar-refractivity contribution in [1.29, 1.82) is 0 Å². The fourth-order valence-corrected chi connectivity index (χ4v) is 10.0. The molecule has 15 atom stereocenters. The van der Waals surface area contributed by atoms with E-state index >= 15 is 0 Å². The average molecular weight is 579 g/mol. The summed E-state index contributed by atoms with van der Waals surface area (Å²) >= 11 is 0. The van der Waals surface area contributed by atoms with Crippen molar-refractivity contribution in [2.45, 2.75) is 119 Å². The second-order valence-corrected chi connectivity index (χ2v) is 13.9. The van der Waals surface area contributed by atoms with Crippen LogP contribution < -0.4 is 0 Å². The average Bonchev–Trinajstić information content (AvgIpc) is 3.36. The molecule has 2 saturated heterocycles. The Hall–Kier alpha value is -1.41. The van der Waals surface area contributed by atoms with Gasteiger partial charge in [0.25, 0.3) is 0 Å². The van der Waals surface area contributed by atoms with Crippen molar-refractivity contribution in [2.75, 3.05) is 13.7 Å².